The van der Waals surface area contributed by atoms with Crippen LogP contribution >= 0.6 is 0 Å². The first-order valence-corrected chi connectivity index (χ1v) is 4.27. The van der Waals surface area contributed by atoms with Gasteiger partial charge in [0.05, 0.1) is 5.92 Å². The Labute approximate surface area is 92.9 Å². The summed E-state index contributed by atoms with van der Waals surface area (Å²) in [6.07, 6.45) is 14.6. The predicted molar refractivity (Wildman–Crippen MR) is 49.9 cm³/mol. The molecule has 0 radical (unpaired) electrons. The first-order chi connectivity index (χ1) is 6.36. The van der Waals surface area contributed by atoms with Crippen LogP contribution in [0.5, 0.6) is 0 Å². The Kier molecular flexibility index (Phi) is 3.90. The van der Waals surface area contributed by atoms with Crippen LogP contribution in [-0.2, 0) is 26.0 Å². The van der Waals surface area contributed by atoms with Crippen LogP contribution in [0.25, 0.3) is 0 Å². The van der Waals surface area contributed by atoms with E-state index in [-0.39, 0.29) is 34.5 Å². The maximum atomic E-state index is 11.4. The van der Waals surface area contributed by atoms with Crippen molar-refractivity contribution in [2.45, 2.75) is 6.10 Å². The van der Waals surface area contributed by atoms with Crippen LogP contribution in [-0.4, -0.2) is 12.1 Å². The van der Waals surface area contributed by atoms with Gasteiger partial charge in [0.25, 0.3) is 0 Å². The molecule has 0 N–H and O–H groups in total. The molecule has 0 unspecified atom stereocenters. The van der Waals surface area contributed by atoms with E-state index >= 15 is 0 Å². The second kappa shape index (κ2) is 4.97. The average molecular weight is 233 g/mol. The number of hydrogen-bond donors (Lipinski definition) is 0. The van der Waals surface area contributed by atoms with Crippen molar-refractivity contribution in [2.24, 2.45) is 5.92 Å². The molecule has 2 nitrogen and oxygen atoms in total. The summed E-state index contributed by atoms with van der Waals surface area (Å²) in [5.41, 5.74) is 0. The summed E-state index contributed by atoms with van der Waals surface area (Å²) < 4.78 is 5.18. The molecule has 0 atom stereocenters. The Hall–Kier alpha value is -1.08. The molecular formula is C11H10NiO2. The van der Waals surface area contributed by atoms with E-state index in [2.05, 4.69) is 0 Å². The molecule has 0 aromatic heterocycles. The van der Waals surface area contributed by atoms with E-state index in [0.29, 0.717) is 0 Å². The summed E-state index contributed by atoms with van der Waals surface area (Å²) >= 11 is 0. The fourth-order valence-corrected chi connectivity index (χ4v) is 1.29. The molecule has 0 aliphatic heterocycles. The van der Waals surface area contributed by atoms with E-state index in [9.17, 15) is 4.79 Å². The Bertz CT molecular complexity index is 302. The number of rotatable bonds is 2. The molecule has 76 valence electrons. The van der Waals surface area contributed by atoms with Crippen molar-refractivity contribution >= 4 is 5.97 Å². The van der Waals surface area contributed by atoms with E-state index in [0.717, 1.165) is 0 Å². The Balaban J connectivity index is 0.000000980. The zero-order valence-corrected chi connectivity index (χ0v) is 8.39. The summed E-state index contributed by atoms with van der Waals surface area (Å²) in [4.78, 5) is 11.4. The average Bonchev–Trinajstić information content (AvgIpc) is 2.74. The van der Waals surface area contributed by atoms with Gasteiger partial charge in [-0.05, 0) is 12.2 Å². The van der Waals surface area contributed by atoms with E-state index < -0.39 is 0 Å². The normalized spacial score (nSPS) is 18.9. The summed E-state index contributed by atoms with van der Waals surface area (Å²) in [6, 6.07) is 0. The van der Waals surface area contributed by atoms with Gasteiger partial charge in [-0.15, -0.1) is 0 Å². The van der Waals surface area contributed by atoms with Gasteiger partial charge >= 0.3 is 5.97 Å². The third-order valence-electron chi connectivity index (χ3n) is 1.99. The maximum Gasteiger partial charge on any atom is 0.317 e. The molecule has 0 aromatic carbocycles. The molecule has 2 rings (SSSR count). The van der Waals surface area contributed by atoms with Gasteiger partial charge in [-0.2, -0.15) is 0 Å². The van der Waals surface area contributed by atoms with Gasteiger partial charge in [0.1, 0.15) is 6.10 Å². The van der Waals surface area contributed by atoms with Crippen LogP contribution in [0.2, 0.25) is 0 Å². The third kappa shape index (κ3) is 2.46. The summed E-state index contributed by atoms with van der Waals surface area (Å²) in [6.45, 7) is 0. The van der Waals surface area contributed by atoms with Crippen molar-refractivity contribution in [1.29, 1.82) is 0 Å². The molecule has 0 bridgehead atoms. The van der Waals surface area contributed by atoms with Crippen molar-refractivity contribution in [3.05, 3.63) is 48.6 Å². The largest absolute Gasteiger partial charge is 0.453 e. The number of carbonyl (C=O) groups is 1. The van der Waals surface area contributed by atoms with E-state index in [1.54, 1.807) is 0 Å². The number of carbonyl (C=O) groups excluding carboxylic acids is 1. The topological polar surface area (TPSA) is 26.3 Å². The molecule has 14 heavy (non-hydrogen) atoms. The molecule has 0 amide bonds. The second-order valence-corrected chi connectivity index (χ2v) is 2.97. The fourth-order valence-electron chi connectivity index (χ4n) is 1.29. The van der Waals surface area contributed by atoms with Crippen LogP contribution in [0.4, 0.5) is 0 Å². The van der Waals surface area contributed by atoms with Crippen LogP contribution in [0.15, 0.2) is 48.6 Å². The van der Waals surface area contributed by atoms with Gasteiger partial charge in [-0.25, -0.2) is 0 Å². The van der Waals surface area contributed by atoms with Crippen molar-refractivity contribution in [2.75, 3.05) is 0 Å². The van der Waals surface area contributed by atoms with Crippen LogP contribution < -0.4 is 0 Å². The zero-order valence-electron chi connectivity index (χ0n) is 7.41. The fraction of sp³-hybridized carbons (Fsp3) is 0.182. The van der Waals surface area contributed by atoms with Gasteiger partial charge in [0.15, 0.2) is 0 Å². The minimum absolute atomic E-state index is 0. The molecule has 3 heteroatoms. The minimum atomic E-state index is -0.192. The molecule has 2 aliphatic rings. The zero-order chi connectivity index (χ0) is 9.10. The quantitative estimate of drug-likeness (QED) is 0.536. The summed E-state index contributed by atoms with van der Waals surface area (Å²) in [5.74, 6) is -0.381. The number of allylic oxidation sites excluding steroid dienone is 4. The van der Waals surface area contributed by atoms with Gasteiger partial charge in [0, 0.05) is 16.5 Å². The Morgan fingerprint density at radius 1 is 0.929 bits per heavy atom. The van der Waals surface area contributed by atoms with Crippen molar-refractivity contribution in [3.63, 3.8) is 0 Å². The van der Waals surface area contributed by atoms with E-state index in [4.69, 9.17) is 4.74 Å². The van der Waals surface area contributed by atoms with Gasteiger partial charge in [-0.3, -0.25) is 4.79 Å². The van der Waals surface area contributed by atoms with Gasteiger partial charge in [0.2, 0.25) is 0 Å². The molecule has 2 aliphatic carbocycles. The van der Waals surface area contributed by atoms with E-state index in [1.807, 2.05) is 48.6 Å². The minimum Gasteiger partial charge on any atom is -0.453 e. The number of esters is 1. The Morgan fingerprint density at radius 3 is 2.00 bits per heavy atom. The predicted octanol–water partition coefficient (Wildman–Crippen LogP) is 1.76. The van der Waals surface area contributed by atoms with E-state index in [1.165, 1.54) is 0 Å². The first kappa shape index (κ1) is 11.0. The Morgan fingerprint density at radius 2 is 1.43 bits per heavy atom. The number of ether oxygens (including phenoxy) is 1. The smallest absolute Gasteiger partial charge is 0.317 e. The van der Waals surface area contributed by atoms with Crippen LogP contribution in [0.1, 0.15) is 0 Å². The second-order valence-electron chi connectivity index (χ2n) is 2.97. The molecule has 0 aromatic rings. The molecule has 0 saturated heterocycles. The summed E-state index contributed by atoms with van der Waals surface area (Å²) in [5, 5.41) is 0. The summed E-state index contributed by atoms with van der Waals surface area (Å²) in [7, 11) is 0. The van der Waals surface area contributed by atoms with Crippen LogP contribution in [0, 0.1) is 5.92 Å². The van der Waals surface area contributed by atoms with Gasteiger partial charge < -0.3 is 4.74 Å². The van der Waals surface area contributed by atoms with Crippen molar-refractivity contribution in [3.8, 4) is 0 Å². The molecular weight excluding hydrogens is 223 g/mol. The van der Waals surface area contributed by atoms with Gasteiger partial charge in [-0.1, -0.05) is 36.5 Å². The van der Waals surface area contributed by atoms with Crippen molar-refractivity contribution in [1.82, 2.24) is 0 Å². The molecule has 0 heterocycles. The maximum absolute atomic E-state index is 11.4. The monoisotopic (exact) mass is 232 g/mol. The van der Waals surface area contributed by atoms with Crippen LogP contribution in [0.3, 0.4) is 0 Å². The standard InChI is InChI=1S/C11H10O2.Ni/c12-11(9-5-1-2-6-9)13-10-7-3-4-8-10;/h1-10H;. The van der Waals surface area contributed by atoms with Crippen molar-refractivity contribution < 1.29 is 26.0 Å². The third-order valence-corrected chi connectivity index (χ3v) is 1.99. The molecule has 0 fully saturated rings. The molecule has 0 saturated carbocycles. The molecule has 0 spiro atoms. The SMILES string of the molecule is O=C(OC1C=CC=C1)C1C=CC=C1.[Ni]. The first-order valence-electron chi connectivity index (χ1n) is 4.27. The number of hydrogen-bond acceptors (Lipinski definition) is 2.